The number of hydrogen-bond acceptors (Lipinski definition) is 4. The first kappa shape index (κ1) is 11.9. The van der Waals surface area contributed by atoms with Crippen LogP contribution in [0.2, 0.25) is 0 Å². The summed E-state index contributed by atoms with van der Waals surface area (Å²) in [7, 11) is -3.30. The van der Waals surface area contributed by atoms with Crippen LogP contribution in [0.3, 0.4) is 0 Å². The van der Waals surface area contributed by atoms with Crippen molar-refractivity contribution in [1.29, 1.82) is 0 Å². The Bertz CT molecular complexity index is 247. The summed E-state index contributed by atoms with van der Waals surface area (Å²) in [6, 6.07) is 0.379. The predicted octanol–water partition coefficient (Wildman–Crippen LogP) is -0.566. The molecule has 1 aliphatic rings. The van der Waals surface area contributed by atoms with Crippen molar-refractivity contribution in [2.45, 2.75) is 25.3 Å². The summed E-state index contributed by atoms with van der Waals surface area (Å²) in [5.74, 6) is 0.0492. The quantitative estimate of drug-likeness (QED) is 0.611. The molecule has 0 bridgehead atoms. The molecular weight excluding hydrogens is 204 g/mol. The first-order valence-corrected chi connectivity index (χ1v) is 6.61. The van der Waals surface area contributed by atoms with Gasteiger partial charge in [-0.3, -0.25) is 0 Å². The van der Waals surface area contributed by atoms with Crippen LogP contribution in [0.15, 0.2) is 0 Å². The van der Waals surface area contributed by atoms with Crippen LogP contribution in [0, 0.1) is 0 Å². The number of nitrogens with two attached hydrogens (primary N) is 1. The fourth-order valence-corrected chi connectivity index (χ4v) is 2.03. The van der Waals surface area contributed by atoms with Crippen molar-refractivity contribution in [2.24, 2.45) is 5.14 Å². The van der Waals surface area contributed by atoms with Gasteiger partial charge in [0.2, 0.25) is 10.0 Å². The van der Waals surface area contributed by atoms with Gasteiger partial charge in [-0.05, 0) is 25.8 Å². The summed E-state index contributed by atoms with van der Waals surface area (Å²) < 4.78 is 26.5. The van der Waals surface area contributed by atoms with Crippen LogP contribution in [0.1, 0.15) is 19.3 Å². The van der Waals surface area contributed by atoms with E-state index in [1.165, 1.54) is 0 Å². The Morgan fingerprint density at radius 1 is 1.50 bits per heavy atom. The number of rotatable bonds is 5. The van der Waals surface area contributed by atoms with Crippen LogP contribution in [0.5, 0.6) is 0 Å². The van der Waals surface area contributed by atoms with Crippen molar-refractivity contribution in [1.82, 2.24) is 5.32 Å². The van der Waals surface area contributed by atoms with E-state index in [0.717, 1.165) is 26.1 Å². The van der Waals surface area contributed by atoms with Crippen molar-refractivity contribution in [3.63, 3.8) is 0 Å². The number of primary sulfonamides is 1. The zero-order valence-electron chi connectivity index (χ0n) is 8.24. The lowest BCUT2D eigenvalue weighted by Gasteiger charge is -2.23. The van der Waals surface area contributed by atoms with Gasteiger partial charge in [0.05, 0.1) is 12.4 Å². The first-order chi connectivity index (χ1) is 6.58. The molecule has 0 aliphatic carbocycles. The standard InChI is InChI=1S/C8H18N2O3S/c9-14(11,12)6-2-4-10-8-3-1-5-13-7-8/h8,10H,1-7H2,(H2,9,11,12). The molecule has 84 valence electrons. The summed E-state index contributed by atoms with van der Waals surface area (Å²) in [5.41, 5.74) is 0. The lowest BCUT2D eigenvalue weighted by molar-refractivity contribution is 0.0706. The fraction of sp³-hybridized carbons (Fsp3) is 1.00. The van der Waals surface area contributed by atoms with Crippen LogP contribution in [0.4, 0.5) is 0 Å². The lowest BCUT2D eigenvalue weighted by atomic mass is 10.1. The molecule has 0 amide bonds. The molecule has 1 fully saturated rings. The summed E-state index contributed by atoms with van der Waals surface area (Å²) in [5, 5.41) is 8.12. The van der Waals surface area contributed by atoms with E-state index in [1.807, 2.05) is 0 Å². The molecule has 1 unspecified atom stereocenters. The summed E-state index contributed by atoms with van der Waals surface area (Å²) in [6.45, 7) is 2.26. The lowest BCUT2D eigenvalue weighted by Crippen LogP contribution is -2.37. The van der Waals surface area contributed by atoms with E-state index in [-0.39, 0.29) is 5.75 Å². The molecule has 0 aromatic heterocycles. The van der Waals surface area contributed by atoms with Crippen LogP contribution < -0.4 is 10.5 Å². The molecular formula is C8H18N2O3S. The van der Waals surface area contributed by atoms with Gasteiger partial charge in [0.25, 0.3) is 0 Å². The van der Waals surface area contributed by atoms with Crippen LogP contribution in [0.25, 0.3) is 0 Å². The maximum atomic E-state index is 10.6. The highest BCUT2D eigenvalue weighted by atomic mass is 32.2. The van der Waals surface area contributed by atoms with Gasteiger partial charge >= 0.3 is 0 Å². The smallest absolute Gasteiger partial charge is 0.209 e. The molecule has 1 aliphatic heterocycles. The Kier molecular flexibility index (Phi) is 4.80. The van der Waals surface area contributed by atoms with Crippen molar-refractivity contribution in [3.05, 3.63) is 0 Å². The van der Waals surface area contributed by atoms with E-state index in [0.29, 0.717) is 19.0 Å². The van der Waals surface area contributed by atoms with E-state index in [2.05, 4.69) is 5.32 Å². The molecule has 0 saturated carbocycles. The topological polar surface area (TPSA) is 81.4 Å². The van der Waals surface area contributed by atoms with Crippen LogP contribution in [-0.4, -0.2) is 40.0 Å². The molecule has 0 aromatic carbocycles. The largest absolute Gasteiger partial charge is 0.380 e. The average Bonchev–Trinajstić information content (AvgIpc) is 2.13. The van der Waals surface area contributed by atoms with Crippen molar-refractivity contribution >= 4 is 10.0 Å². The predicted molar refractivity (Wildman–Crippen MR) is 54.4 cm³/mol. The molecule has 1 atom stereocenters. The second-order valence-corrected chi connectivity index (χ2v) is 5.32. The molecule has 1 heterocycles. The molecule has 14 heavy (non-hydrogen) atoms. The normalized spacial score (nSPS) is 23.6. The molecule has 0 radical (unpaired) electrons. The van der Waals surface area contributed by atoms with Gasteiger partial charge in [-0.25, -0.2) is 13.6 Å². The minimum Gasteiger partial charge on any atom is -0.380 e. The number of hydrogen-bond donors (Lipinski definition) is 2. The Balaban J connectivity index is 2.03. The number of ether oxygens (including phenoxy) is 1. The van der Waals surface area contributed by atoms with Gasteiger partial charge in [-0.1, -0.05) is 0 Å². The Labute approximate surface area is 85.1 Å². The van der Waals surface area contributed by atoms with E-state index < -0.39 is 10.0 Å². The third-order valence-electron chi connectivity index (χ3n) is 2.20. The zero-order chi connectivity index (χ0) is 10.4. The van der Waals surface area contributed by atoms with Crippen LogP contribution in [-0.2, 0) is 14.8 Å². The summed E-state index contributed by atoms with van der Waals surface area (Å²) in [4.78, 5) is 0. The first-order valence-electron chi connectivity index (χ1n) is 4.89. The summed E-state index contributed by atoms with van der Waals surface area (Å²) >= 11 is 0. The third kappa shape index (κ3) is 5.54. The van der Waals surface area contributed by atoms with E-state index in [4.69, 9.17) is 9.88 Å². The van der Waals surface area contributed by atoms with Gasteiger partial charge < -0.3 is 10.1 Å². The highest BCUT2D eigenvalue weighted by Gasteiger charge is 2.12. The van der Waals surface area contributed by atoms with Gasteiger partial charge in [-0.15, -0.1) is 0 Å². The maximum absolute atomic E-state index is 10.6. The molecule has 6 heteroatoms. The van der Waals surface area contributed by atoms with Crippen LogP contribution >= 0.6 is 0 Å². The maximum Gasteiger partial charge on any atom is 0.209 e. The third-order valence-corrected chi connectivity index (χ3v) is 3.06. The Morgan fingerprint density at radius 2 is 2.29 bits per heavy atom. The molecule has 5 nitrogen and oxygen atoms in total. The zero-order valence-corrected chi connectivity index (χ0v) is 9.05. The second kappa shape index (κ2) is 5.65. The van der Waals surface area contributed by atoms with E-state index in [9.17, 15) is 8.42 Å². The SMILES string of the molecule is NS(=O)(=O)CCCNC1CCCOC1. The molecule has 1 rings (SSSR count). The van der Waals surface area contributed by atoms with E-state index >= 15 is 0 Å². The molecule has 0 spiro atoms. The van der Waals surface area contributed by atoms with Gasteiger partial charge in [0.15, 0.2) is 0 Å². The summed E-state index contributed by atoms with van der Waals surface area (Å²) in [6.07, 6.45) is 2.75. The minimum absolute atomic E-state index is 0.0492. The van der Waals surface area contributed by atoms with Crippen molar-refractivity contribution in [3.8, 4) is 0 Å². The van der Waals surface area contributed by atoms with Crippen molar-refractivity contribution in [2.75, 3.05) is 25.5 Å². The Morgan fingerprint density at radius 3 is 2.86 bits per heavy atom. The average molecular weight is 222 g/mol. The fourth-order valence-electron chi connectivity index (χ4n) is 1.48. The number of sulfonamides is 1. The molecule has 1 saturated heterocycles. The minimum atomic E-state index is -3.30. The number of nitrogens with one attached hydrogen (secondary N) is 1. The van der Waals surface area contributed by atoms with Gasteiger partial charge in [0, 0.05) is 12.6 Å². The monoisotopic (exact) mass is 222 g/mol. The molecule has 0 aromatic rings. The molecule has 3 N–H and O–H groups in total. The van der Waals surface area contributed by atoms with Gasteiger partial charge in [-0.2, -0.15) is 0 Å². The van der Waals surface area contributed by atoms with Crippen molar-refractivity contribution < 1.29 is 13.2 Å². The van der Waals surface area contributed by atoms with E-state index in [1.54, 1.807) is 0 Å². The highest BCUT2D eigenvalue weighted by Crippen LogP contribution is 2.05. The van der Waals surface area contributed by atoms with Gasteiger partial charge in [0.1, 0.15) is 0 Å². The second-order valence-electron chi connectivity index (χ2n) is 3.59. The highest BCUT2D eigenvalue weighted by molar-refractivity contribution is 7.89. The Hall–Kier alpha value is -0.170.